The van der Waals surface area contributed by atoms with Gasteiger partial charge in [0.2, 0.25) is 0 Å². The molecule has 0 radical (unpaired) electrons. The normalized spacial score (nSPS) is 17.5. The highest BCUT2D eigenvalue weighted by molar-refractivity contribution is 6.37. The van der Waals surface area contributed by atoms with Crippen LogP contribution in [-0.4, -0.2) is 26.7 Å². The highest BCUT2D eigenvalue weighted by Gasteiger charge is 2.46. The van der Waals surface area contributed by atoms with E-state index in [1.54, 1.807) is 0 Å². The molecule has 0 unspecified atom stereocenters. The van der Waals surface area contributed by atoms with Crippen molar-refractivity contribution in [3.8, 4) is 22.9 Å². The van der Waals surface area contributed by atoms with Gasteiger partial charge in [-0.25, -0.2) is 14.3 Å². The minimum atomic E-state index is -0.461. The average Bonchev–Trinajstić information content (AvgIpc) is 3.39. The van der Waals surface area contributed by atoms with E-state index in [9.17, 15) is 4.79 Å². The van der Waals surface area contributed by atoms with Crippen molar-refractivity contribution >= 4 is 23.5 Å². The number of amides is 2. The van der Waals surface area contributed by atoms with Gasteiger partial charge in [0.15, 0.2) is 5.82 Å². The molecule has 142 valence electrons. The van der Waals surface area contributed by atoms with Gasteiger partial charge in [0.05, 0.1) is 16.8 Å². The lowest BCUT2D eigenvalue weighted by Gasteiger charge is -2.40. The number of fused-ring (bicyclic) bond motifs is 2. The van der Waals surface area contributed by atoms with Crippen LogP contribution in [0, 0.1) is 0 Å². The maximum atomic E-state index is 12.4. The Kier molecular flexibility index (Phi) is 3.94. The molecule has 2 N–H and O–H groups in total. The van der Waals surface area contributed by atoms with Gasteiger partial charge >= 0.3 is 6.03 Å². The van der Waals surface area contributed by atoms with E-state index < -0.39 is 5.54 Å². The Labute approximate surface area is 165 Å². The van der Waals surface area contributed by atoms with Crippen molar-refractivity contribution < 1.29 is 9.53 Å². The van der Waals surface area contributed by atoms with Gasteiger partial charge in [0.1, 0.15) is 11.5 Å². The number of hydrogen-bond acceptors (Lipinski definition) is 5. The molecule has 9 heteroatoms. The summed E-state index contributed by atoms with van der Waals surface area (Å²) in [5.74, 6) is 1.79. The zero-order valence-corrected chi connectivity index (χ0v) is 15.6. The first-order valence-corrected chi connectivity index (χ1v) is 9.44. The summed E-state index contributed by atoms with van der Waals surface area (Å²) in [5, 5.41) is 17.1. The fourth-order valence-corrected chi connectivity index (χ4v) is 4.35. The molecule has 2 aromatic carbocycles. The molecule has 0 atom stereocenters. The van der Waals surface area contributed by atoms with Gasteiger partial charge < -0.3 is 10.1 Å². The Bertz CT molecular complexity index is 1030. The predicted molar refractivity (Wildman–Crippen MR) is 103 cm³/mol. The third-order valence-electron chi connectivity index (χ3n) is 5.38. The Morgan fingerprint density at radius 2 is 1.86 bits per heavy atom. The molecule has 8 nitrogen and oxygen atoms in total. The Morgan fingerprint density at radius 3 is 2.64 bits per heavy atom. The summed E-state index contributed by atoms with van der Waals surface area (Å²) >= 11 is 6.28. The minimum Gasteiger partial charge on any atom is -0.456 e. The number of benzene rings is 2. The number of anilines is 1. The summed E-state index contributed by atoms with van der Waals surface area (Å²) < 4.78 is 7.47. The number of ether oxygens (including phenoxy) is 1. The van der Waals surface area contributed by atoms with Gasteiger partial charge in [0.25, 0.3) is 0 Å². The summed E-state index contributed by atoms with van der Waals surface area (Å²) in [6.07, 6.45) is 3.78. The van der Waals surface area contributed by atoms with Crippen molar-refractivity contribution in [1.29, 1.82) is 0 Å². The van der Waals surface area contributed by atoms with E-state index in [0.717, 1.165) is 41.2 Å². The molecule has 2 heterocycles. The lowest BCUT2D eigenvalue weighted by Crippen LogP contribution is -2.52. The fraction of sp³-hybridized carbons (Fsp3) is 0.263. The number of carbonyl (C=O) groups excluding carboxylic acids is 1. The van der Waals surface area contributed by atoms with E-state index in [0.29, 0.717) is 23.0 Å². The molecule has 1 aromatic heterocycles. The topological polar surface area (TPSA) is 96.0 Å². The van der Waals surface area contributed by atoms with Crippen LogP contribution in [0.3, 0.4) is 0 Å². The number of urea groups is 1. The first-order valence-electron chi connectivity index (χ1n) is 9.10. The van der Waals surface area contributed by atoms with Crippen LogP contribution in [0.5, 0.6) is 11.5 Å². The second-order valence-electron chi connectivity index (χ2n) is 7.00. The molecular weight excluding hydrogens is 380 g/mol. The lowest BCUT2D eigenvalue weighted by molar-refractivity contribution is 0.229. The van der Waals surface area contributed by atoms with Gasteiger partial charge in [-0.15, -0.1) is 5.10 Å². The summed E-state index contributed by atoms with van der Waals surface area (Å²) in [6, 6.07) is 12.8. The van der Waals surface area contributed by atoms with E-state index in [1.165, 1.54) is 0 Å². The fourth-order valence-electron chi connectivity index (χ4n) is 4.17. The monoisotopic (exact) mass is 396 g/mol. The molecule has 1 saturated carbocycles. The summed E-state index contributed by atoms with van der Waals surface area (Å²) in [4.78, 5) is 12.4. The number of aromatic amines is 1. The van der Waals surface area contributed by atoms with Crippen molar-refractivity contribution in [2.24, 2.45) is 0 Å². The summed E-state index contributed by atoms with van der Waals surface area (Å²) in [7, 11) is 0. The highest BCUT2D eigenvalue weighted by atomic mass is 35.5. The molecule has 1 fully saturated rings. The first-order chi connectivity index (χ1) is 13.7. The Morgan fingerprint density at radius 1 is 1.07 bits per heavy atom. The standard InChI is InChI=1S/C19H17ClN6O2/c20-26-13-7-5-9-15(16(13)19(21-18(26)27)10-3-4-11-19)28-14-8-2-1-6-12(14)17-22-24-25-23-17/h1-2,5-9H,3-4,10-11H2,(H,21,27)(H,22,23,24,25). The van der Waals surface area contributed by atoms with Crippen molar-refractivity contribution in [3.05, 3.63) is 48.0 Å². The summed E-state index contributed by atoms with van der Waals surface area (Å²) in [6.45, 7) is 0. The molecule has 1 aliphatic carbocycles. The number of tetrazole rings is 1. The van der Waals surface area contributed by atoms with Gasteiger partial charge in [-0.1, -0.05) is 31.0 Å². The number of H-pyrrole nitrogens is 1. The van der Waals surface area contributed by atoms with E-state index in [2.05, 4.69) is 25.9 Å². The van der Waals surface area contributed by atoms with Crippen LogP contribution in [0.1, 0.15) is 31.2 Å². The molecule has 0 bridgehead atoms. The summed E-state index contributed by atoms with van der Waals surface area (Å²) in [5.41, 5.74) is 1.85. The van der Waals surface area contributed by atoms with Gasteiger partial charge in [-0.05, 0) is 47.5 Å². The molecule has 1 spiro atoms. The third-order valence-corrected chi connectivity index (χ3v) is 5.72. The molecule has 28 heavy (non-hydrogen) atoms. The highest BCUT2D eigenvalue weighted by Crippen LogP contribution is 2.51. The molecule has 2 aliphatic rings. The van der Waals surface area contributed by atoms with Gasteiger partial charge in [-0.2, -0.15) is 0 Å². The van der Waals surface area contributed by atoms with Crippen LogP contribution >= 0.6 is 11.8 Å². The quantitative estimate of drug-likeness (QED) is 0.649. The van der Waals surface area contributed by atoms with Crippen LogP contribution in [0.4, 0.5) is 10.5 Å². The smallest absolute Gasteiger partial charge is 0.337 e. The first kappa shape index (κ1) is 17.0. The minimum absolute atomic E-state index is 0.304. The SMILES string of the molecule is O=C1NC2(CCCC2)c2c(Oc3ccccc3-c3nnn[nH]3)cccc2N1Cl. The molecule has 5 rings (SSSR count). The average molecular weight is 397 g/mol. The number of para-hydroxylation sites is 1. The molecule has 2 amide bonds. The van der Waals surface area contributed by atoms with E-state index >= 15 is 0 Å². The van der Waals surface area contributed by atoms with E-state index in [1.807, 2.05) is 42.5 Å². The number of carbonyl (C=O) groups is 1. The van der Waals surface area contributed by atoms with Crippen LogP contribution in [0.2, 0.25) is 0 Å². The van der Waals surface area contributed by atoms with Crippen molar-refractivity contribution in [1.82, 2.24) is 25.9 Å². The number of nitrogens with one attached hydrogen (secondary N) is 2. The molecule has 1 aliphatic heterocycles. The number of aromatic nitrogens is 4. The van der Waals surface area contributed by atoms with Crippen LogP contribution in [-0.2, 0) is 5.54 Å². The largest absolute Gasteiger partial charge is 0.456 e. The van der Waals surface area contributed by atoms with Crippen LogP contribution < -0.4 is 14.5 Å². The zero-order chi connectivity index (χ0) is 19.1. The van der Waals surface area contributed by atoms with Gasteiger partial charge in [0, 0.05) is 17.3 Å². The molecular formula is C19H17ClN6O2. The van der Waals surface area contributed by atoms with Crippen molar-refractivity contribution in [2.45, 2.75) is 31.2 Å². The van der Waals surface area contributed by atoms with Crippen molar-refractivity contribution in [3.63, 3.8) is 0 Å². The number of nitrogens with zero attached hydrogens (tertiary/aromatic N) is 4. The second-order valence-corrected chi connectivity index (χ2v) is 7.34. The number of halogens is 1. The maximum Gasteiger partial charge on any atom is 0.337 e. The van der Waals surface area contributed by atoms with Gasteiger partial charge in [-0.3, -0.25) is 0 Å². The Balaban J connectivity index is 1.63. The maximum absolute atomic E-state index is 12.4. The second kappa shape index (κ2) is 6.49. The molecule has 3 aromatic rings. The third kappa shape index (κ3) is 2.60. The van der Waals surface area contributed by atoms with E-state index in [-0.39, 0.29) is 6.03 Å². The molecule has 0 saturated heterocycles. The zero-order valence-electron chi connectivity index (χ0n) is 14.9. The van der Waals surface area contributed by atoms with Crippen LogP contribution in [0.15, 0.2) is 42.5 Å². The van der Waals surface area contributed by atoms with E-state index in [4.69, 9.17) is 16.5 Å². The van der Waals surface area contributed by atoms with Crippen molar-refractivity contribution in [2.75, 3.05) is 4.42 Å². The lowest BCUT2D eigenvalue weighted by atomic mass is 9.84. The Hall–Kier alpha value is -3.13. The number of rotatable bonds is 3. The van der Waals surface area contributed by atoms with Crippen LogP contribution in [0.25, 0.3) is 11.4 Å². The number of hydrogen-bond donors (Lipinski definition) is 2. The predicted octanol–water partition coefficient (Wildman–Crippen LogP) is 4.11.